The van der Waals surface area contributed by atoms with Gasteiger partial charge in [0.25, 0.3) is 0 Å². The summed E-state index contributed by atoms with van der Waals surface area (Å²) in [6.07, 6.45) is 2.36. The van der Waals surface area contributed by atoms with Gasteiger partial charge in [-0.1, -0.05) is 6.07 Å². The molecule has 102 valence electrons. The van der Waals surface area contributed by atoms with Gasteiger partial charge >= 0.3 is 0 Å². The van der Waals surface area contributed by atoms with Gasteiger partial charge in [0.15, 0.2) is 0 Å². The Hall–Kier alpha value is -0.420. The minimum absolute atomic E-state index is 0.161. The Kier molecular flexibility index (Phi) is 5.18. The molecule has 1 aliphatic rings. The van der Waals surface area contributed by atoms with Crippen LogP contribution in [0.4, 0.5) is 0 Å². The van der Waals surface area contributed by atoms with Crippen LogP contribution in [0.2, 0.25) is 0 Å². The smallest absolute Gasteiger partial charge is 0.0588 e. The molecule has 0 aliphatic carbocycles. The molecule has 1 fully saturated rings. The zero-order valence-electron chi connectivity index (χ0n) is 11.3. The van der Waals surface area contributed by atoms with E-state index in [9.17, 15) is 0 Å². The van der Waals surface area contributed by atoms with E-state index in [1.165, 1.54) is 17.7 Å². The van der Waals surface area contributed by atoms with Gasteiger partial charge in [-0.25, -0.2) is 0 Å². The normalized spacial score (nSPS) is 21.1. The average molecular weight is 268 g/mol. The second kappa shape index (κ2) is 6.66. The monoisotopic (exact) mass is 268 g/mol. The molecule has 1 aliphatic heterocycles. The summed E-state index contributed by atoms with van der Waals surface area (Å²) in [6.45, 7) is 5.05. The molecule has 2 rings (SSSR count). The zero-order valence-corrected chi connectivity index (χ0v) is 12.2. The molecule has 18 heavy (non-hydrogen) atoms. The Morgan fingerprint density at radius 3 is 2.78 bits per heavy atom. The maximum absolute atomic E-state index is 6.17. The van der Waals surface area contributed by atoms with Gasteiger partial charge in [0.1, 0.15) is 0 Å². The lowest BCUT2D eigenvalue weighted by atomic mass is 9.98. The Morgan fingerprint density at radius 2 is 2.22 bits per heavy atom. The number of hydrogen-bond acceptors (Lipinski definition) is 4. The number of nitrogens with zero attached hydrogens (tertiary/aromatic N) is 1. The fourth-order valence-corrected chi connectivity index (χ4v) is 3.79. The van der Waals surface area contributed by atoms with Gasteiger partial charge in [-0.15, -0.1) is 11.3 Å². The first-order chi connectivity index (χ1) is 8.68. The second-order valence-electron chi connectivity index (χ2n) is 5.31. The van der Waals surface area contributed by atoms with E-state index in [2.05, 4.69) is 36.4 Å². The van der Waals surface area contributed by atoms with Crippen LogP contribution in [-0.4, -0.2) is 37.7 Å². The lowest BCUT2D eigenvalue weighted by molar-refractivity contribution is 0.0489. The molecular formula is C14H24N2OS. The first-order valence-electron chi connectivity index (χ1n) is 6.75. The second-order valence-corrected chi connectivity index (χ2v) is 6.29. The van der Waals surface area contributed by atoms with Crippen molar-refractivity contribution in [2.24, 2.45) is 11.7 Å². The fraction of sp³-hybridized carbons (Fsp3) is 0.714. The third-order valence-electron chi connectivity index (χ3n) is 3.69. The van der Waals surface area contributed by atoms with Gasteiger partial charge in [-0.2, -0.15) is 0 Å². The third kappa shape index (κ3) is 3.54. The molecule has 0 amide bonds. The van der Waals surface area contributed by atoms with Gasteiger partial charge in [0.2, 0.25) is 0 Å². The highest BCUT2D eigenvalue weighted by atomic mass is 32.1. The summed E-state index contributed by atoms with van der Waals surface area (Å²) in [5.41, 5.74) is 6.17. The number of ether oxygens (including phenoxy) is 1. The quantitative estimate of drug-likeness (QED) is 0.891. The maximum atomic E-state index is 6.17. The number of rotatable bonds is 5. The maximum Gasteiger partial charge on any atom is 0.0588 e. The highest BCUT2D eigenvalue weighted by Gasteiger charge is 2.25. The first kappa shape index (κ1) is 14.0. The van der Waals surface area contributed by atoms with E-state index in [0.29, 0.717) is 6.04 Å². The summed E-state index contributed by atoms with van der Waals surface area (Å²) in [5, 5.41) is 2.13. The molecule has 0 spiro atoms. The van der Waals surface area contributed by atoms with Crippen LogP contribution in [-0.2, 0) is 4.74 Å². The van der Waals surface area contributed by atoms with Crippen LogP contribution < -0.4 is 5.73 Å². The van der Waals surface area contributed by atoms with Crippen LogP contribution in [0.25, 0.3) is 0 Å². The fourth-order valence-electron chi connectivity index (χ4n) is 2.79. The summed E-state index contributed by atoms with van der Waals surface area (Å²) >= 11 is 1.80. The molecule has 0 saturated carbocycles. The van der Waals surface area contributed by atoms with Gasteiger partial charge in [-0.3, -0.25) is 4.90 Å². The van der Waals surface area contributed by atoms with Crippen molar-refractivity contribution in [2.75, 3.05) is 26.8 Å². The summed E-state index contributed by atoms with van der Waals surface area (Å²) in [5.74, 6) is 0.755. The Balaban J connectivity index is 1.97. The van der Waals surface area contributed by atoms with Crippen molar-refractivity contribution in [2.45, 2.75) is 31.8 Å². The van der Waals surface area contributed by atoms with Crippen LogP contribution in [0.5, 0.6) is 0 Å². The summed E-state index contributed by atoms with van der Waals surface area (Å²) in [7, 11) is 2.20. The lowest BCUT2D eigenvalue weighted by Crippen LogP contribution is -2.40. The van der Waals surface area contributed by atoms with Crippen LogP contribution >= 0.6 is 11.3 Å². The van der Waals surface area contributed by atoms with Crippen LogP contribution in [0.1, 0.15) is 30.7 Å². The van der Waals surface area contributed by atoms with Crippen molar-refractivity contribution in [3.63, 3.8) is 0 Å². The molecule has 2 N–H and O–H groups in total. The molecule has 0 radical (unpaired) electrons. The SMILES string of the molecule is CC(N)C(c1cccs1)N(C)CC1CCOCC1. The average Bonchev–Trinajstić information content (AvgIpc) is 2.83. The topological polar surface area (TPSA) is 38.5 Å². The van der Waals surface area contributed by atoms with Crippen molar-refractivity contribution in [1.29, 1.82) is 0 Å². The van der Waals surface area contributed by atoms with Crippen molar-refractivity contribution in [1.82, 2.24) is 4.90 Å². The highest BCUT2D eigenvalue weighted by molar-refractivity contribution is 7.10. The molecule has 1 aromatic rings. The molecule has 2 atom stereocenters. The van der Waals surface area contributed by atoms with Gasteiger partial charge < -0.3 is 10.5 Å². The molecule has 2 unspecified atom stereocenters. The van der Waals surface area contributed by atoms with E-state index in [4.69, 9.17) is 10.5 Å². The van der Waals surface area contributed by atoms with E-state index in [0.717, 1.165) is 25.7 Å². The van der Waals surface area contributed by atoms with Gasteiger partial charge in [0.05, 0.1) is 6.04 Å². The predicted octanol–water partition coefficient (Wildman–Crippen LogP) is 2.49. The molecule has 0 bridgehead atoms. The molecule has 1 aromatic heterocycles. The molecule has 1 saturated heterocycles. The minimum Gasteiger partial charge on any atom is -0.381 e. The van der Waals surface area contributed by atoms with Crippen LogP contribution in [0.3, 0.4) is 0 Å². The summed E-state index contributed by atoms with van der Waals surface area (Å²) in [4.78, 5) is 3.80. The van der Waals surface area contributed by atoms with Gasteiger partial charge in [-0.05, 0) is 44.2 Å². The van der Waals surface area contributed by atoms with E-state index >= 15 is 0 Å². The predicted molar refractivity (Wildman–Crippen MR) is 76.9 cm³/mol. The zero-order chi connectivity index (χ0) is 13.0. The van der Waals surface area contributed by atoms with E-state index in [1.807, 2.05) is 0 Å². The van der Waals surface area contributed by atoms with Crippen LogP contribution in [0.15, 0.2) is 17.5 Å². The highest BCUT2D eigenvalue weighted by Crippen LogP contribution is 2.28. The summed E-state index contributed by atoms with van der Waals surface area (Å²) < 4.78 is 5.42. The van der Waals surface area contributed by atoms with Crippen molar-refractivity contribution < 1.29 is 4.74 Å². The van der Waals surface area contributed by atoms with Crippen molar-refractivity contribution >= 4 is 11.3 Å². The van der Waals surface area contributed by atoms with E-state index in [1.54, 1.807) is 11.3 Å². The van der Waals surface area contributed by atoms with E-state index < -0.39 is 0 Å². The molecule has 3 nitrogen and oxygen atoms in total. The summed E-state index contributed by atoms with van der Waals surface area (Å²) in [6, 6.07) is 4.80. The van der Waals surface area contributed by atoms with Crippen molar-refractivity contribution in [3.05, 3.63) is 22.4 Å². The van der Waals surface area contributed by atoms with Gasteiger partial charge in [0, 0.05) is 30.7 Å². The molecule has 2 heterocycles. The molecule has 0 aromatic carbocycles. The molecule has 4 heteroatoms. The number of hydrogen-bond donors (Lipinski definition) is 1. The van der Waals surface area contributed by atoms with Crippen LogP contribution in [0, 0.1) is 5.92 Å². The molecular weight excluding hydrogens is 244 g/mol. The standard InChI is InChI=1S/C14H24N2OS/c1-11(15)14(13-4-3-9-18-13)16(2)10-12-5-7-17-8-6-12/h3-4,9,11-12,14H,5-8,10,15H2,1-2H3. The van der Waals surface area contributed by atoms with E-state index in [-0.39, 0.29) is 6.04 Å². The first-order valence-corrected chi connectivity index (χ1v) is 7.63. The number of likely N-dealkylation sites (N-methyl/N-ethyl adjacent to an activating group) is 1. The minimum atomic E-state index is 0.161. The third-order valence-corrected chi connectivity index (χ3v) is 4.64. The van der Waals surface area contributed by atoms with Crippen molar-refractivity contribution in [3.8, 4) is 0 Å². The number of thiophene rings is 1. The largest absolute Gasteiger partial charge is 0.381 e. The Labute approximate surface area is 114 Å². The lowest BCUT2D eigenvalue weighted by Gasteiger charge is -2.34. The Bertz CT molecular complexity index is 334. The number of nitrogens with two attached hydrogens (primary N) is 1. The Morgan fingerprint density at radius 1 is 1.50 bits per heavy atom.